The van der Waals surface area contributed by atoms with E-state index in [9.17, 15) is 22.8 Å². The molecule has 1 aliphatic rings. The molecular weight excluding hydrogens is 385 g/mol. The first-order chi connectivity index (χ1) is 13.8. The van der Waals surface area contributed by atoms with Gasteiger partial charge >= 0.3 is 6.18 Å². The molecule has 0 bridgehead atoms. The van der Waals surface area contributed by atoms with E-state index >= 15 is 0 Å². The van der Waals surface area contributed by atoms with Gasteiger partial charge < -0.3 is 15.0 Å². The summed E-state index contributed by atoms with van der Waals surface area (Å²) >= 11 is 0. The summed E-state index contributed by atoms with van der Waals surface area (Å²) in [5.74, 6) is -0.919. The number of para-hydroxylation sites is 1. The molecule has 1 N–H and O–H groups in total. The number of carbonyl (C=O) groups is 2. The zero-order valence-corrected chi connectivity index (χ0v) is 15.8. The number of alkyl halides is 3. The number of rotatable bonds is 6. The highest BCUT2D eigenvalue weighted by molar-refractivity contribution is 6.03. The molecule has 2 amide bonds. The molecule has 1 atom stereocenters. The van der Waals surface area contributed by atoms with Crippen LogP contribution in [-0.4, -0.2) is 25.0 Å². The monoisotopic (exact) mass is 406 g/mol. The predicted molar refractivity (Wildman–Crippen MR) is 103 cm³/mol. The Morgan fingerprint density at radius 3 is 2.52 bits per heavy atom. The second-order valence-corrected chi connectivity index (χ2v) is 6.78. The maximum Gasteiger partial charge on any atom is 0.418 e. The van der Waals surface area contributed by atoms with Gasteiger partial charge in [-0.15, -0.1) is 0 Å². The number of halogens is 3. The lowest BCUT2D eigenvalue weighted by Gasteiger charge is -2.18. The first-order valence-corrected chi connectivity index (χ1v) is 9.30. The van der Waals surface area contributed by atoms with E-state index in [0.717, 1.165) is 12.5 Å². The van der Waals surface area contributed by atoms with Gasteiger partial charge in [-0.25, -0.2) is 0 Å². The minimum absolute atomic E-state index is 0.0614. The third kappa shape index (κ3) is 4.88. The summed E-state index contributed by atoms with van der Waals surface area (Å²) in [7, 11) is 0. The van der Waals surface area contributed by atoms with Crippen molar-refractivity contribution in [1.82, 2.24) is 0 Å². The second kappa shape index (κ2) is 8.55. The van der Waals surface area contributed by atoms with Crippen LogP contribution < -0.4 is 15.0 Å². The zero-order valence-electron chi connectivity index (χ0n) is 15.8. The highest BCUT2D eigenvalue weighted by Crippen LogP contribution is 2.35. The lowest BCUT2D eigenvalue weighted by atomic mass is 10.1. The Morgan fingerprint density at radius 2 is 1.86 bits per heavy atom. The number of nitrogens with zero attached hydrogens (tertiary/aromatic N) is 1. The molecule has 1 fully saturated rings. The summed E-state index contributed by atoms with van der Waals surface area (Å²) < 4.78 is 44.8. The quantitative estimate of drug-likeness (QED) is 0.769. The van der Waals surface area contributed by atoms with Crippen molar-refractivity contribution < 1.29 is 27.5 Å². The van der Waals surface area contributed by atoms with Crippen LogP contribution in [0, 0.1) is 5.92 Å². The number of nitrogens with one attached hydrogen (secondary N) is 1. The van der Waals surface area contributed by atoms with E-state index in [1.165, 1.54) is 23.1 Å². The molecule has 3 rings (SSSR count). The molecule has 154 valence electrons. The fourth-order valence-corrected chi connectivity index (χ4v) is 3.15. The van der Waals surface area contributed by atoms with Crippen molar-refractivity contribution in [1.29, 1.82) is 0 Å². The third-order valence-electron chi connectivity index (χ3n) is 4.61. The van der Waals surface area contributed by atoms with Gasteiger partial charge in [0.15, 0.2) is 0 Å². The first-order valence-electron chi connectivity index (χ1n) is 9.30. The topological polar surface area (TPSA) is 58.6 Å². The minimum atomic E-state index is -4.58. The number of benzene rings is 2. The highest BCUT2D eigenvalue weighted by atomic mass is 19.4. The van der Waals surface area contributed by atoms with Crippen LogP contribution in [0.1, 0.15) is 25.3 Å². The smallest absolute Gasteiger partial charge is 0.418 e. The van der Waals surface area contributed by atoms with Crippen molar-refractivity contribution in [3.63, 3.8) is 0 Å². The van der Waals surface area contributed by atoms with E-state index in [-0.39, 0.29) is 24.6 Å². The van der Waals surface area contributed by atoms with E-state index in [1.807, 2.05) is 6.92 Å². The summed E-state index contributed by atoms with van der Waals surface area (Å²) in [6.07, 6.45) is -3.77. The average molecular weight is 406 g/mol. The van der Waals surface area contributed by atoms with Gasteiger partial charge in [-0.1, -0.05) is 19.1 Å². The largest absolute Gasteiger partial charge is 0.494 e. The van der Waals surface area contributed by atoms with E-state index in [4.69, 9.17) is 4.74 Å². The average Bonchev–Trinajstić information content (AvgIpc) is 3.08. The molecule has 2 aromatic carbocycles. The lowest BCUT2D eigenvalue weighted by Crippen LogP contribution is -2.28. The van der Waals surface area contributed by atoms with Crippen LogP contribution in [0.2, 0.25) is 0 Å². The van der Waals surface area contributed by atoms with Crippen LogP contribution in [0.25, 0.3) is 0 Å². The molecule has 5 nitrogen and oxygen atoms in total. The van der Waals surface area contributed by atoms with E-state index in [0.29, 0.717) is 18.0 Å². The number of amides is 2. The zero-order chi connectivity index (χ0) is 21.0. The third-order valence-corrected chi connectivity index (χ3v) is 4.61. The maximum atomic E-state index is 13.1. The van der Waals surface area contributed by atoms with E-state index in [1.54, 1.807) is 24.3 Å². The summed E-state index contributed by atoms with van der Waals surface area (Å²) in [6.45, 7) is 2.69. The molecule has 29 heavy (non-hydrogen) atoms. The molecule has 0 radical (unpaired) electrons. The van der Waals surface area contributed by atoms with Crippen molar-refractivity contribution in [2.75, 3.05) is 23.4 Å². The lowest BCUT2D eigenvalue weighted by molar-refractivity contribution is -0.137. The molecule has 1 saturated heterocycles. The molecular formula is C21H21F3N2O3. The van der Waals surface area contributed by atoms with Gasteiger partial charge in [0.1, 0.15) is 5.75 Å². The van der Waals surface area contributed by atoms with Crippen molar-refractivity contribution >= 4 is 23.2 Å². The van der Waals surface area contributed by atoms with Crippen LogP contribution >= 0.6 is 0 Å². The summed E-state index contributed by atoms with van der Waals surface area (Å²) in [5, 5.41) is 2.33. The van der Waals surface area contributed by atoms with Crippen molar-refractivity contribution in [2.24, 2.45) is 5.92 Å². The number of anilines is 2. The Balaban J connectivity index is 1.68. The Labute approximate surface area is 166 Å². The summed E-state index contributed by atoms with van der Waals surface area (Å²) in [5.41, 5.74) is -0.615. The molecule has 0 spiro atoms. The summed E-state index contributed by atoms with van der Waals surface area (Å²) in [6, 6.07) is 11.7. The standard InChI is InChI=1S/C21H21F3N2O3/c1-2-11-29-16-9-7-15(8-10-16)26-13-14(12-19(26)27)20(28)25-18-6-4-3-5-17(18)21(22,23)24/h3-10,14H,2,11-13H2,1H3,(H,25,28)/t14-/m0/s1. The highest BCUT2D eigenvalue weighted by Gasteiger charge is 2.37. The minimum Gasteiger partial charge on any atom is -0.494 e. The Hall–Kier alpha value is -3.03. The molecule has 0 aliphatic carbocycles. The van der Waals surface area contributed by atoms with Gasteiger partial charge in [-0.2, -0.15) is 13.2 Å². The van der Waals surface area contributed by atoms with Gasteiger partial charge in [-0.3, -0.25) is 9.59 Å². The van der Waals surface area contributed by atoms with Crippen LogP contribution in [0.5, 0.6) is 5.75 Å². The Kier molecular flexibility index (Phi) is 6.10. The van der Waals surface area contributed by atoms with E-state index in [2.05, 4.69) is 5.32 Å². The fourth-order valence-electron chi connectivity index (χ4n) is 3.15. The van der Waals surface area contributed by atoms with Crippen molar-refractivity contribution in [2.45, 2.75) is 25.9 Å². The predicted octanol–water partition coefficient (Wildman–Crippen LogP) is 4.49. The molecule has 8 heteroatoms. The molecule has 0 aromatic heterocycles. The van der Waals surface area contributed by atoms with Gasteiger partial charge in [0.2, 0.25) is 11.8 Å². The van der Waals surface area contributed by atoms with Crippen LogP contribution in [0.4, 0.5) is 24.5 Å². The Bertz CT molecular complexity index is 881. The molecule has 0 unspecified atom stereocenters. The molecule has 1 aliphatic heterocycles. The number of carbonyl (C=O) groups excluding carboxylic acids is 2. The van der Waals surface area contributed by atoms with Gasteiger partial charge in [0.25, 0.3) is 0 Å². The first kappa shape index (κ1) is 20.7. The van der Waals surface area contributed by atoms with Gasteiger partial charge in [-0.05, 0) is 42.8 Å². The fraction of sp³-hybridized carbons (Fsp3) is 0.333. The summed E-state index contributed by atoms with van der Waals surface area (Å²) in [4.78, 5) is 26.3. The van der Waals surface area contributed by atoms with Gasteiger partial charge in [0, 0.05) is 18.7 Å². The normalized spacial score (nSPS) is 16.8. The van der Waals surface area contributed by atoms with Gasteiger partial charge in [0.05, 0.1) is 23.8 Å². The Morgan fingerprint density at radius 1 is 1.17 bits per heavy atom. The number of hydrogen-bond acceptors (Lipinski definition) is 3. The maximum absolute atomic E-state index is 13.1. The van der Waals surface area contributed by atoms with Crippen molar-refractivity contribution in [3.8, 4) is 5.75 Å². The van der Waals surface area contributed by atoms with Crippen LogP contribution in [0.15, 0.2) is 48.5 Å². The molecule has 2 aromatic rings. The number of ether oxygens (including phenoxy) is 1. The number of hydrogen-bond donors (Lipinski definition) is 1. The second-order valence-electron chi connectivity index (χ2n) is 6.78. The van der Waals surface area contributed by atoms with Crippen LogP contribution in [-0.2, 0) is 15.8 Å². The SMILES string of the molecule is CCCOc1ccc(N2C[C@@H](C(=O)Nc3ccccc3C(F)(F)F)CC2=O)cc1. The molecule has 0 saturated carbocycles. The molecule has 1 heterocycles. The van der Waals surface area contributed by atoms with Crippen molar-refractivity contribution in [3.05, 3.63) is 54.1 Å². The van der Waals surface area contributed by atoms with Crippen LogP contribution in [0.3, 0.4) is 0 Å². The van der Waals surface area contributed by atoms with E-state index < -0.39 is 23.6 Å².